The lowest BCUT2D eigenvalue weighted by Crippen LogP contribution is -2.75. The molecule has 0 amide bonds. The van der Waals surface area contributed by atoms with E-state index in [1.54, 1.807) is 7.11 Å². The maximum absolute atomic E-state index is 12.6. The van der Waals surface area contributed by atoms with Crippen molar-refractivity contribution < 1.29 is 19.1 Å². The van der Waals surface area contributed by atoms with Crippen molar-refractivity contribution >= 4 is 17.5 Å². The van der Waals surface area contributed by atoms with E-state index >= 15 is 0 Å². The number of ketones is 1. The summed E-state index contributed by atoms with van der Waals surface area (Å²) in [4.78, 5) is 26.9. The third-order valence-corrected chi connectivity index (χ3v) is 6.58. The second kappa shape index (κ2) is 5.64. The lowest BCUT2D eigenvalue weighted by molar-refractivity contribution is -0.195. The summed E-state index contributed by atoms with van der Waals surface area (Å²) in [5.41, 5.74) is 0.804. The van der Waals surface area contributed by atoms with Crippen molar-refractivity contribution in [1.29, 1.82) is 5.41 Å². The zero-order chi connectivity index (χ0) is 18.7. The van der Waals surface area contributed by atoms with E-state index in [4.69, 9.17) is 14.9 Å². The zero-order valence-corrected chi connectivity index (χ0v) is 15.4. The number of nitrogens with one attached hydrogen (secondary N) is 1. The number of benzene rings is 1. The molecule has 1 aliphatic heterocycles. The summed E-state index contributed by atoms with van der Waals surface area (Å²) in [5, 5.41) is 8.21. The number of esters is 1. The fraction of sp³-hybridized carbons (Fsp3) is 0.550. The Hall–Kier alpha value is -2.21. The van der Waals surface area contributed by atoms with Crippen molar-refractivity contribution in [2.75, 3.05) is 20.7 Å². The number of Topliss-reactive ketones (excluding diaryl/α,β-unsaturated/α-hetero) is 1. The Bertz CT molecular complexity index is 820. The number of ether oxygens (including phenoxy) is 2. The summed E-state index contributed by atoms with van der Waals surface area (Å²) in [5.74, 6) is 0.232. The molecule has 2 bridgehead atoms. The molecule has 6 nitrogen and oxygen atoms in total. The normalized spacial score (nSPS) is 33.3. The van der Waals surface area contributed by atoms with Crippen LogP contribution in [0.3, 0.4) is 0 Å². The molecular formula is C20H24N2O4. The molecule has 2 fully saturated rings. The fourth-order valence-electron chi connectivity index (χ4n) is 5.43. The first-order valence-corrected chi connectivity index (χ1v) is 9.01. The van der Waals surface area contributed by atoms with Gasteiger partial charge in [0.15, 0.2) is 5.78 Å². The number of carbonyl (C=O) groups excluding carboxylic acids is 2. The molecule has 1 N–H and O–H groups in total. The maximum Gasteiger partial charge on any atom is 0.303 e. The number of methoxy groups -OCH3 is 1. The first-order chi connectivity index (χ1) is 12.3. The summed E-state index contributed by atoms with van der Waals surface area (Å²) in [6.45, 7) is 2.24. The van der Waals surface area contributed by atoms with Crippen molar-refractivity contribution in [3.63, 3.8) is 0 Å². The second-order valence-electron chi connectivity index (χ2n) is 7.79. The predicted octanol–water partition coefficient (Wildman–Crippen LogP) is 1.88. The molecule has 2 aliphatic carbocycles. The highest BCUT2D eigenvalue weighted by molar-refractivity contribution is 6.40. The van der Waals surface area contributed by atoms with E-state index < -0.39 is 11.0 Å². The number of piperidine rings is 1. The number of carbonyl (C=O) groups is 2. The maximum atomic E-state index is 12.6. The Morgan fingerprint density at radius 1 is 1.35 bits per heavy atom. The third kappa shape index (κ3) is 2.11. The lowest BCUT2D eigenvalue weighted by atomic mass is 9.49. The number of rotatable bonds is 2. The van der Waals surface area contributed by atoms with Crippen LogP contribution in [0.1, 0.15) is 37.3 Å². The second-order valence-corrected chi connectivity index (χ2v) is 7.79. The van der Waals surface area contributed by atoms with Crippen LogP contribution < -0.4 is 4.74 Å². The smallest absolute Gasteiger partial charge is 0.303 e. The van der Waals surface area contributed by atoms with E-state index in [0.29, 0.717) is 6.42 Å². The van der Waals surface area contributed by atoms with Crippen LogP contribution >= 0.6 is 0 Å². The summed E-state index contributed by atoms with van der Waals surface area (Å²) < 4.78 is 11.5. The van der Waals surface area contributed by atoms with Gasteiger partial charge in [-0.25, -0.2) is 0 Å². The van der Waals surface area contributed by atoms with Crippen molar-refractivity contribution in [1.82, 2.24) is 4.90 Å². The number of likely N-dealkylation sites (N-methyl/N-ethyl adjacent to an activating group) is 1. The van der Waals surface area contributed by atoms with Crippen LogP contribution in [0.5, 0.6) is 5.75 Å². The van der Waals surface area contributed by atoms with Crippen molar-refractivity contribution in [2.24, 2.45) is 0 Å². The standard InChI is InChI=1S/C20H24N2O4/c1-12(23)26-20-10-16(21)17(24)11-19(20)6-7-22(2)18(20)8-13-4-5-14(25-3)9-15(13)19/h4-5,9,18,21H,6-8,10-11H2,1-3H3/t18-,19-,20-/m1/s1. The molecule has 4 rings (SSSR count). The van der Waals surface area contributed by atoms with Crippen LogP contribution in [0.4, 0.5) is 0 Å². The fourth-order valence-corrected chi connectivity index (χ4v) is 5.43. The molecule has 6 heteroatoms. The molecule has 3 aliphatic rings. The molecule has 1 heterocycles. The van der Waals surface area contributed by atoms with Crippen LogP contribution in [-0.2, 0) is 26.2 Å². The van der Waals surface area contributed by atoms with Crippen molar-refractivity contribution in [3.05, 3.63) is 29.3 Å². The molecule has 1 saturated carbocycles. The van der Waals surface area contributed by atoms with Gasteiger partial charge >= 0.3 is 5.97 Å². The Kier molecular flexibility index (Phi) is 3.74. The first-order valence-electron chi connectivity index (χ1n) is 9.01. The number of fused-ring (bicyclic) bond motifs is 1. The Morgan fingerprint density at radius 3 is 2.81 bits per heavy atom. The topological polar surface area (TPSA) is 79.7 Å². The van der Waals surface area contributed by atoms with Gasteiger partial charge in [0.25, 0.3) is 0 Å². The van der Waals surface area contributed by atoms with Gasteiger partial charge in [-0.15, -0.1) is 0 Å². The molecule has 0 spiro atoms. The minimum atomic E-state index is -0.879. The number of hydrogen-bond acceptors (Lipinski definition) is 6. The molecule has 0 aromatic heterocycles. The van der Waals surface area contributed by atoms with Crippen molar-refractivity contribution in [3.8, 4) is 5.75 Å². The Labute approximate surface area is 153 Å². The highest BCUT2D eigenvalue weighted by Gasteiger charge is 2.68. The van der Waals surface area contributed by atoms with Gasteiger partial charge in [0.2, 0.25) is 0 Å². The van der Waals surface area contributed by atoms with E-state index in [9.17, 15) is 9.59 Å². The van der Waals surface area contributed by atoms with Gasteiger partial charge in [0.05, 0.1) is 18.9 Å². The van der Waals surface area contributed by atoms with E-state index in [1.165, 1.54) is 12.5 Å². The third-order valence-electron chi connectivity index (χ3n) is 6.58. The highest BCUT2D eigenvalue weighted by atomic mass is 16.6. The van der Waals surface area contributed by atoms with Crippen LogP contribution in [-0.4, -0.2) is 54.7 Å². The molecule has 138 valence electrons. The van der Waals surface area contributed by atoms with Gasteiger partial charge in [0, 0.05) is 25.2 Å². The molecule has 1 aromatic rings. The van der Waals surface area contributed by atoms with Crippen LogP contribution in [0, 0.1) is 5.41 Å². The summed E-state index contributed by atoms with van der Waals surface area (Å²) in [6.07, 6.45) is 1.83. The Morgan fingerprint density at radius 2 is 2.12 bits per heavy atom. The van der Waals surface area contributed by atoms with Gasteiger partial charge < -0.3 is 14.9 Å². The molecule has 0 radical (unpaired) electrons. The van der Waals surface area contributed by atoms with Gasteiger partial charge in [-0.3, -0.25) is 14.5 Å². The lowest BCUT2D eigenvalue weighted by Gasteiger charge is -2.63. The SMILES string of the molecule is COc1ccc2c(c1)[C@]13CCN(C)[C@H](C2)[C@]1(OC(C)=O)CC(=N)C(=O)C3. The Balaban J connectivity index is 2.00. The summed E-state index contributed by atoms with van der Waals surface area (Å²) in [7, 11) is 3.66. The monoisotopic (exact) mass is 356 g/mol. The number of nitrogens with zero attached hydrogens (tertiary/aromatic N) is 1. The first kappa shape index (κ1) is 17.2. The molecular weight excluding hydrogens is 332 g/mol. The average molecular weight is 356 g/mol. The quantitative estimate of drug-likeness (QED) is 0.819. The summed E-state index contributed by atoms with van der Waals surface area (Å²) in [6, 6.07) is 5.95. The molecule has 3 atom stereocenters. The summed E-state index contributed by atoms with van der Waals surface area (Å²) >= 11 is 0. The van der Waals surface area contributed by atoms with Crippen molar-refractivity contribution in [2.45, 2.75) is 49.7 Å². The van der Waals surface area contributed by atoms with Gasteiger partial charge in [-0.2, -0.15) is 0 Å². The van der Waals surface area contributed by atoms with E-state index in [2.05, 4.69) is 11.0 Å². The molecule has 0 unspecified atom stereocenters. The van der Waals surface area contributed by atoms with E-state index in [1.807, 2.05) is 19.2 Å². The molecule has 1 saturated heterocycles. The highest BCUT2D eigenvalue weighted by Crippen LogP contribution is 2.58. The molecule has 26 heavy (non-hydrogen) atoms. The minimum absolute atomic E-state index is 0.0468. The van der Waals surface area contributed by atoms with Crippen LogP contribution in [0.25, 0.3) is 0 Å². The number of hydrogen-bond donors (Lipinski definition) is 1. The van der Waals surface area contributed by atoms with Gasteiger partial charge in [-0.05, 0) is 49.7 Å². The van der Waals surface area contributed by atoms with Crippen LogP contribution in [0.2, 0.25) is 0 Å². The van der Waals surface area contributed by atoms with E-state index in [0.717, 1.165) is 24.3 Å². The van der Waals surface area contributed by atoms with Gasteiger partial charge in [0.1, 0.15) is 11.4 Å². The van der Waals surface area contributed by atoms with Gasteiger partial charge in [-0.1, -0.05) is 6.07 Å². The van der Waals surface area contributed by atoms with E-state index in [-0.39, 0.29) is 36.3 Å². The predicted molar refractivity (Wildman–Crippen MR) is 95.9 cm³/mol. The largest absolute Gasteiger partial charge is 0.497 e. The van der Waals surface area contributed by atoms with Crippen LogP contribution in [0.15, 0.2) is 18.2 Å². The zero-order valence-electron chi connectivity index (χ0n) is 15.4. The number of likely N-dealkylation sites (tertiary alicyclic amines) is 1. The average Bonchev–Trinajstić information content (AvgIpc) is 2.59. The molecule has 1 aromatic carbocycles. The minimum Gasteiger partial charge on any atom is -0.497 e.